The molecule has 142 valence electrons. The third-order valence-electron chi connectivity index (χ3n) is 5.01. The van der Waals surface area contributed by atoms with E-state index in [1.165, 1.54) is 0 Å². The fraction of sp³-hybridized carbons (Fsp3) is 0.368. The summed E-state index contributed by atoms with van der Waals surface area (Å²) in [5.41, 5.74) is 1.63. The summed E-state index contributed by atoms with van der Waals surface area (Å²) in [6.45, 7) is 2.02. The highest BCUT2D eigenvalue weighted by molar-refractivity contribution is 7.12. The first-order valence-electron chi connectivity index (χ1n) is 8.76. The molecule has 0 radical (unpaired) electrons. The fourth-order valence-electron chi connectivity index (χ4n) is 3.54. The summed E-state index contributed by atoms with van der Waals surface area (Å²) in [7, 11) is 0. The Morgan fingerprint density at radius 1 is 1.26 bits per heavy atom. The highest BCUT2D eigenvalue weighted by atomic mass is 35.5. The second-order valence-corrected chi connectivity index (χ2v) is 8.00. The van der Waals surface area contributed by atoms with Crippen molar-refractivity contribution in [1.82, 2.24) is 14.8 Å². The number of rotatable bonds is 3. The molecular formula is C19H17ClF3N3S. The summed E-state index contributed by atoms with van der Waals surface area (Å²) >= 11 is 7.05. The van der Waals surface area contributed by atoms with E-state index in [-0.39, 0.29) is 11.0 Å². The van der Waals surface area contributed by atoms with E-state index in [9.17, 15) is 13.2 Å². The lowest BCUT2D eigenvalue weighted by Crippen LogP contribution is -2.18. The van der Waals surface area contributed by atoms with Crippen molar-refractivity contribution >= 4 is 22.9 Å². The molecule has 3 nitrogen and oxygen atoms in total. The SMILES string of the molecule is CCC1CCc2nn(-c3nc(-c4ccc(Cl)cc4)cs3)c(C(F)(F)F)c2C1. The molecule has 0 spiro atoms. The standard InChI is InChI=1S/C19H17ClF3N3S/c1-2-11-3-8-15-14(9-11)17(19(21,22)23)26(25-15)18-24-16(10-27-18)12-4-6-13(20)7-5-12/h4-7,10-11H,2-3,8-9H2,1H3. The molecule has 1 aliphatic rings. The number of aryl methyl sites for hydroxylation is 1. The van der Waals surface area contributed by atoms with Crippen LogP contribution in [0.15, 0.2) is 29.6 Å². The maximum absolute atomic E-state index is 13.9. The van der Waals surface area contributed by atoms with Crippen LogP contribution < -0.4 is 0 Å². The van der Waals surface area contributed by atoms with Crippen LogP contribution in [0, 0.1) is 5.92 Å². The van der Waals surface area contributed by atoms with Crippen molar-refractivity contribution in [3.63, 3.8) is 0 Å². The number of halogens is 4. The molecule has 2 heterocycles. The van der Waals surface area contributed by atoms with Gasteiger partial charge in [-0.15, -0.1) is 11.3 Å². The normalized spacial score (nSPS) is 17.1. The van der Waals surface area contributed by atoms with Crippen LogP contribution in [0.3, 0.4) is 0 Å². The maximum Gasteiger partial charge on any atom is 0.433 e. The summed E-state index contributed by atoms with van der Waals surface area (Å²) in [6.07, 6.45) is -1.71. The van der Waals surface area contributed by atoms with Gasteiger partial charge in [-0.25, -0.2) is 9.67 Å². The van der Waals surface area contributed by atoms with Crippen molar-refractivity contribution in [3.05, 3.63) is 51.6 Å². The van der Waals surface area contributed by atoms with Gasteiger partial charge in [-0.2, -0.15) is 18.3 Å². The molecular weight excluding hydrogens is 395 g/mol. The first kappa shape index (κ1) is 18.5. The van der Waals surface area contributed by atoms with Crippen LogP contribution in [0.2, 0.25) is 5.02 Å². The average Bonchev–Trinajstić information content (AvgIpc) is 3.25. The Balaban J connectivity index is 1.78. The molecule has 0 amide bonds. The molecule has 0 bridgehead atoms. The number of hydrogen-bond donors (Lipinski definition) is 0. The van der Waals surface area contributed by atoms with Crippen LogP contribution in [0.5, 0.6) is 0 Å². The molecule has 0 fully saturated rings. The summed E-state index contributed by atoms with van der Waals surface area (Å²) < 4.78 is 42.6. The Labute approximate surface area is 163 Å². The zero-order valence-electron chi connectivity index (χ0n) is 14.6. The third-order valence-corrected chi connectivity index (χ3v) is 6.08. The van der Waals surface area contributed by atoms with Gasteiger partial charge in [0.1, 0.15) is 0 Å². The summed E-state index contributed by atoms with van der Waals surface area (Å²) in [5, 5.41) is 6.87. The number of alkyl halides is 3. The zero-order chi connectivity index (χ0) is 19.2. The molecule has 1 unspecified atom stereocenters. The molecule has 3 aromatic rings. The van der Waals surface area contributed by atoms with Crippen LogP contribution in [-0.4, -0.2) is 14.8 Å². The predicted octanol–water partition coefficient (Wildman–Crippen LogP) is 6.18. The Kier molecular flexibility index (Phi) is 4.76. The van der Waals surface area contributed by atoms with E-state index in [1.807, 2.05) is 6.92 Å². The number of fused-ring (bicyclic) bond motifs is 1. The molecule has 1 atom stereocenters. The van der Waals surface area contributed by atoms with Crippen LogP contribution in [0.4, 0.5) is 13.2 Å². The molecule has 8 heteroatoms. The zero-order valence-corrected chi connectivity index (χ0v) is 16.1. The van der Waals surface area contributed by atoms with Crippen molar-refractivity contribution in [2.45, 2.75) is 38.8 Å². The number of thiazole rings is 1. The first-order valence-corrected chi connectivity index (χ1v) is 10.0. The minimum absolute atomic E-state index is 0.231. The van der Waals surface area contributed by atoms with E-state index in [2.05, 4.69) is 10.1 Å². The molecule has 1 aliphatic carbocycles. The number of nitrogens with zero attached hydrogens (tertiary/aromatic N) is 3. The van der Waals surface area contributed by atoms with E-state index in [0.717, 1.165) is 34.4 Å². The van der Waals surface area contributed by atoms with E-state index < -0.39 is 11.9 Å². The van der Waals surface area contributed by atoms with Gasteiger partial charge in [0.25, 0.3) is 0 Å². The lowest BCUT2D eigenvalue weighted by atomic mass is 9.85. The number of hydrogen-bond acceptors (Lipinski definition) is 3. The highest BCUT2D eigenvalue weighted by Gasteiger charge is 2.42. The Morgan fingerprint density at radius 2 is 2.00 bits per heavy atom. The Morgan fingerprint density at radius 3 is 2.67 bits per heavy atom. The van der Waals surface area contributed by atoms with Crippen LogP contribution >= 0.6 is 22.9 Å². The molecule has 0 N–H and O–H groups in total. The molecule has 1 aromatic carbocycles. The van der Waals surface area contributed by atoms with Gasteiger partial charge in [-0.3, -0.25) is 0 Å². The molecule has 0 aliphatic heterocycles. The average molecular weight is 412 g/mol. The Bertz CT molecular complexity index is 960. The summed E-state index contributed by atoms with van der Waals surface area (Å²) in [5.74, 6) is 0.275. The van der Waals surface area contributed by atoms with Gasteiger partial charge in [0, 0.05) is 21.5 Å². The van der Waals surface area contributed by atoms with Gasteiger partial charge in [-0.05, 0) is 37.3 Å². The summed E-state index contributed by atoms with van der Waals surface area (Å²) in [6, 6.07) is 7.06. The van der Waals surface area contributed by atoms with Crippen LogP contribution in [-0.2, 0) is 19.0 Å². The van der Waals surface area contributed by atoms with Crippen molar-refractivity contribution in [2.75, 3.05) is 0 Å². The van der Waals surface area contributed by atoms with Crippen molar-refractivity contribution in [2.24, 2.45) is 5.92 Å². The summed E-state index contributed by atoms with van der Waals surface area (Å²) in [4.78, 5) is 4.41. The minimum Gasteiger partial charge on any atom is -0.218 e. The maximum atomic E-state index is 13.9. The molecule has 27 heavy (non-hydrogen) atoms. The van der Waals surface area contributed by atoms with Gasteiger partial charge in [0.05, 0.1) is 11.4 Å². The van der Waals surface area contributed by atoms with Gasteiger partial charge < -0.3 is 0 Å². The van der Waals surface area contributed by atoms with Crippen molar-refractivity contribution in [3.8, 4) is 16.4 Å². The second-order valence-electron chi connectivity index (χ2n) is 6.72. The van der Waals surface area contributed by atoms with Crippen LogP contribution in [0.25, 0.3) is 16.4 Å². The number of aromatic nitrogens is 3. The molecule has 4 rings (SSSR count). The first-order chi connectivity index (χ1) is 12.9. The second kappa shape index (κ2) is 6.95. The van der Waals surface area contributed by atoms with Gasteiger partial charge >= 0.3 is 6.18 Å². The monoisotopic (exact) mass is 411 g/mol. The molecule has 0 saturated carbocycles. The molecule has 0 saturated heterocycles. The lowest BCUT2D eigenvalue weighted by Gasteiger charge is -2.21. The van der Waals surface area contributed by atoms with E-state index in [0.29, 0.717) is 34.8 Å². The van der Waals surface area contributed by atoms with Crippen LogP contribution in [0.1, 0.15) is 36.7 Å². The quantitative estimate of drug-likeness (QED) is 0.515. The van der Waals surface area contributed by atoms with E-state index in [1.54, 1.807) is 29.6 Å². The van der Waals surface area contributed by atoms with Gasteiger partial charge in [-0.1, -0.05) is 37.1 Å². The topological polar surface area (TPSA) is 30.7 Å². The lowest BCUT2D eigenvalue weighted by molar-refractivity contribution is -0.143. The van der Waals surface area contributed by atoms with Crippen molar-refractivity contribution < 1.29 is 13.2 Å². The fourth-order valence-corrected chi connectivity index (χ4v) is 4.45. The number of benzene rings is 1. The smallest absolute Gasteiger partial charge is 0.218 e. The minimum atomic E-state index is -4.47. The van der Waals surface area contributed by atoms with Gasteiger partial charge in [0.2, 0.25) is 5.13 Å². The highest BCUT2D eigenvalue weighted by Crippen LogP contribution is 2.40. The van der Waals surface area contributed by atoms with Crippen molar-refractivity contribution in [1.29, 1.82) is 0 Å². The Hall–Kier alpha value is -1.86. The van der Waals surface area contributed by atoms with E-state index in [4.69, 9.17) is 11.6 Å². The predicted molar refractivity (Wildman–Crippen MR) is 100 cm³/mol. The van der Waals surface area contributed by atoms with Gasteiger partial charge in [0.15, 0.2) is 5.69 Å². The molecule has 2 aromatic heterocycles. The largest absolute Gasteiger partial charge is 0.433 e. The van der Waals surface area contributed by atoms with E-state index >= 15 is 0 Å². The third kappa shape index (κ3) is 3.50.